The van der Waals surface area contributed by atoms with Gasteiger partial charge in [0.2, 0.25) is 0 Å². The summed E-state index contributed by atoms with van der Waals surface area (Å²) >= 11 is 3.40. The predicted molar refractivity (Wildman–Crippen MR) is 79.1 cm³/mol. The normalized spacial score (nSPS) is 10.6. The molecule has 0 amide bonds. The minimum Gasteiger partial charge on any atom is -0.0889 e. The Morgan fingerprint density at radius 1 is 0.750 bits per heavy atom. The maximum Gasteiger partial charge on any atom is -0.0121 e. The average Bonchev–Trinajstić information content (AvgIpc) is 2.25. The van der Waals surface area contributed by atoms with Crippen LogP contribution in [0.2, 0.25) is 0 Å². The van der Waals surface area contributed by atoms with E-state index in [1.807, 2.05) is 0 Å². The number of allylic oxidation sites excluding steroid dienone is 1. The van der Waals surface area contributed by atoms with Crippen molar-refractivity contribution in [3.63, 3.8) is 0 Å². The van der Waals surface area contributed by atoms with Crippen LogP contribution in [0, 0.1) is 0 Å². The topological polar surface area (TPSA) is 0 Å². The minimum absolute atomic E-state index is 1.15. The van der Waals surface area contributed by atoms with Crippen LogP contribution in [0.25, 0.3) is 0 Å². The number of hydrogen-bond donors (Lipinski definition) is 0. The minimum atomic E-state index is 1.15. The molecule has 0 aromatic heterocycles. The highest BCUT2D eigenvalue weighted by atomic mass is 79.9. The highest BCUT2D eigenvalue weighted by molar-refractivity contribution is 9.11. The molecule has 0 saturated carbocycles. The molecule has 96 valence electrons. The van der Waals surface area contributed by atoms with Crippen molar-refractivity contribution < 1.29 is 0 Å². The lowest BCUT2D eigenvalue weighted by atomic mass is 10.1. The Bertz CT molecular complexity index is 152. The van der Waals surface area contributed by atoms with Crippen LogP contribution in [0.4, 0.5) is 0 Å². The van der Waals surface area contributed by atoms with Crippen LogP contribution in [-0.4, -0.2) is 0 Å². The van der Waals surface area contributed by atoms with Gasteiger partial charge in [0.1, 0.15) is 0 Å². The summed E-state index contributed by atoms with van der Waals surface area (Å²) in [5.74, 6) is 0. The maximum absolute atomic E-state index is 3.85. The van der Waals surface area contributed by atoms with E-state index in [9.17, 15) is 0 Å². The molecule has 16 heavy (non-hydrogen) atoms. The van der Waals surface area contributed by atoms with Crippen molar-refractivity contribution in [3.05, 3.63) is 11.1 Å². The first-order chi connectivity index (χ1) is 7.77. The molecule has 0 fully saturated rings. The summed E-state index contributed by atoms with van der Waals surface area (Å²) in [6.45, 7) is 6.13. The second kappa shape index (κ2) is 13.3. The summed E-state index contributed by atoms with van der Waals surface area (Å²) in [5.41, 5.74) is 0. The van der Waals surface area contributed by atoms with E-state index in [2.05, 4.69) is 29.4 Å². The Morgan fingerprint density at radius 3 is 1.50 bits per heavy atom. The molecule has 0 saturated heterocycles. The Morgan fingerprint density at radius 2 is 1.12 bits per heavy atom. The lowest BCUT2D eigenvalue weighted by Crippen LogP contribution is -1.82. The third kappa shape index (κ3) is 14.2. The molecular weight excluding hydrogens is 260 g/mol. The van der Waals surface area contributed by atoms with Crippen LogP contribution in [0.15, 0.2) is 11.1 Å². The summed E-state index contributed by atoms with van der Waals surface area (Å²) in [7, 11) is 0. The summed E-state index contributed by atoms with van der Waals surface area (Å²) in [5, 5.41) is 0. The second-order valence-corrected chi connectivity index (χ2v) is 5.92. The van der Waals surface area contributed by atoms with Gasteiger partial charge in [-0.3, -0.25) is 0 Å². The van der Waals surface area contributed by atoms with Crippen molar-refractivity contribution in [2.24, 2.45) is 0 Å². The van der Waals surface area contributed by atoms with E-state index < -0.39 is 0 Å². The molecule has 0 aliphatic heterocycles. The molecule has 0 aromatic rings. The molecular formula is C15H29Br. The molecule has 0 atom stereocenters. The van der Waals surface area contributed by atoms with Gasteiger partial charge < -0.3 is 0 Å². The summed E-state index contributed by atoms with van der Waals surface area (Å²) in [4.78, 5) is 0. The van der Waals surface area contributed by atoms with Gasteiger partial charge in [0, 0.05) is 0 Å². The number of rotatable bonds is 12. The quantitative estimate of drug-likeness (QED) is 0.355. The molecule has 0 aliphatic carbocycles. The summed E-state index contributed by atoms with van der Waals surface area (Å²) in [6.07, 6.45) is 16.7. The van der Waals surface area contributed by atoms with Crippen LogP contribution in [0.1, 0.15) is 84.0 Å². The zero-order chi connectivity index (χ0) is 12.1. The van der Waals surface area contributed by atoms with Crippen molar-refractivity contribution in [2.45, 2.75) is 84.0 Å². The van der Waals surface area contributed by atoms with Crippen LogP contribution in [0.3, 0.4) is 0 Å². The van der Waals surface area contributed by atoms with Gasteiger partial charge in [0.15, 0.2) is 0 Å². The molecule has 0 radical (unpaired) electrons. The van der Waals surface area contributed by atoms with E-state index >= 15 is 0 Å². The van der Waals surface area contributed by atoms with Crippen molar-refractivity contribution in [1.29, 1.82) is 0 Å². The van der Waals surface area contributed by atoms with Crippen LogP contribution in [-0.2, 0) is 0 Å². The Balaban J connectivity index is 2.90. The smallest absolute Gasteiger partial charge is 0.0121 e. The van der Waals surface area contributed by atoms with Crippen LogP contribution in [0.5, 0.6) is 0 Å². The van der Waals surface area contributed by atoms with Crippen molar-refractivity contribution >= 4 is 15.9 Å². The molecule has 0 aromatic carbocycles. The first-order valence-electron chi connectivity index (χ1n) is 7.10. The molecule has 0 unspecified atom stereocenters. The highest BCUT2D eigenvalue weighted by Crippen LogP contribution is 2.15. The van der Waals surface area contributed by atoms with Gasteiger partial charge in [-0.1, -0.05) is 93.6 Å². The van der Waals surface area contributed by atoms with E-state index in [1.165, 1.54) is 70.6 Å². The third-order valence-corrected chi connectivity index (χ3v) is 3.45. The van der Waals surface area contributed by atoms with Gasteiger partial charge >= 0.3 is 0 Å². The van der Waals surface area contributed by atoms with Gasteiger partial charge in [0.05, 0.1) is 0 Å². The van der Waals surface area contributed by atoms with Crippen LogP contribution < -0.4 is 0 Å². The van der Waals surface area contributed by atoms with Gasteiger partial charge in [-0.2, -0.15) is 0 Å². The SMILES string of the molecule is C=C(Br)CCCCCCCCCCCCC. The fourth-order valence-electron chi connectivity index (χ4n) is 1.98. The molecule has 0 N–H and O–H groups in total. The summed E-state index contributed by atoms with van der Waals surface area (Å²) in [6, 6.07) is 0. The van der Waals surface area contributed by atoms with E-state index in [-0.39, 0.29) is 0 Å². The Kier molecular flexibility index (Phi) is 13.5. The fourth-order valence-corrected chi connectivity index (χ4v) is 2.26. The third-order valence-electron chi connectivity index (χ3n) is 3.05. The van der Waals surface area contributed by atoms with Gasteiger partial charge in [-0.25, -0.2) is 0 Å². The van der Waals surface area contributed by atoms with E-state index in [1.54, 1.807) is 0 Å². The first kappa shape index (κ1) is 16.2. The molecule has 0 bridgehead atoms. The van der Waals surface area contributed by atoms with Crippen LogP contribution >= 0.6 is 15.9 Å². The molecule has 0 rings (SSSR count). The van der Waals surface area contributed by atoms with Crippen molar-refractivity contribution in [3.8, 4) is 0 Å². The molecule has 0 aliphatic rings. The highest BCUT2D eigenvalue weighted by Gasteiger charge is 1.93. The molecule has 0 nitrogen and oxygen atoms in total. The second-order valence-electron chi connectivity index (χ2n) is 4.80. The van der Waals surface area contributed by atoms with E-state index in [0.29, 0.717) is 0 Å². The Hall–Kier alpha value is 0.220. The Labute approximate surface area is 111 Å². The predicted octanol–water partition coefficient (Wildman–Crippen LogP) is 6.60. The molecule has 0 spiro atoms. The van der Waals surface area contributed by atoms with E-state index in [4.69, 9.17) is 0 Å². The number of unbranched alkanes of at least 4 members (excludes halogenated alkanes) is 10. The lowest BCUT2D eigenvalue weighted by molar-refractivity contribution is 0.550. The maximum atomic E-state index is 3.85. The zero-order valence-corrected chi connectivity index (χ0v) is 12.7. The number of hydrogen-bond acceptors (Lipinski definition) is 0. The van der Waals surface area contributed by atoms with Crippen molar-refractivity contribution in [1.82, 2.24) is 0 Å². The van der Waals surface area contributed by atoms with Crippen molar-refractivity contribution in [2.75, 3.05) is 0 Å². The standard InChI is InChI=1S/C15H29Br/c1-3-4-5-6-7-8-9-10-11-12-13-14-15(2)16/h2-14H2,1H3. The van der Waals surface area contributed by atoms with E-state index in [0.717, 1.165) is 10.9 Å². The van der Waals surface area contributed by atoms with Gasteiger partial charge in [-0.15, -0.1) is 0 Å². The fraction of sp³-hybridized carbons (Fsp3) is 0.867. The zero-order valence-electron chi connectivity index (χ0n) is 11.1. The molecule has 1 heteroatoms. The average molecular weight is 289 g/mol. The number of halogens is 1. The largest absolute Gasteiger partial charge is 0.0889 e. The summed E-state index contributed by atoms with van der Waals surface area (Å²) < 4.78 is 1.16. The first-order valence-corrected chi connectivity index (χ1v) is 7.90. The lowest BCUT2D eigenvalue weighted by Gasteiger charge is -2.02. The monoisotopic (exact) mass is 288 g/mol. The van der Waals surface area contributed by atoms with Gasteiger partial charge in [0.25, 0.3) is 0 Å². The van der Waals surface area contributed by atoms with Gasteiger partial charge in [-0.05, 0) is 17.3 Å². The molecule has 0 heterocycles.